The van der Waals surface area contributed by atoms with Gasteiger partial charge in [0.25, 0.3) is 0 Å². The molecule has 0 heterocycles. The van der Waals surface area contributed by atoms with E-state index in [1.165, 1.54) is 28.2 Å². The van der Waals surface area contributed by atoms with Crippen LogP contribution in [-0.2, 0) is 20.0 Å². The van der Waals surface area contributed by atoms with Crippen molar-refractivity contribution in [1.29, 1.82) is 0 Å². The van der Waals surface area contributed by atoms with Crippen molar-refractivity contribution in [3.63, 3.8) is 0 Å². The Morgan fingerprint density at radius 2 is 0.554 bits per heavy atom. The van der Waals surface area contributed by atoms with Crippen LogP contribution in [0.1, 0.15) is 32.1 Å². The van der Waals surface area contributed by atoms with Gasteiger partial charge in [0, 0.05) is 45.2 Å². The quantitative estimate of drug-likeness (QED) is 0.0468. The number of halogens is 26. The van der Waals surface area contributed by atoms with E-state index in [1.54, 1.807) is 9.44 Å². The molecule has 0 radical (unpaired) electrons. The third kappa shape index (κ3) is 13.6. The summed E-state index contributed by atoms with van der Waals surface area (Å²) in [5.41, 5.74) is 0. The highest BCUT2D eigenvalue weighted by molar-refractivity contribution is 7.89. The molecule has 0 aromatic heterocycles. The van der Waals surface area contributed by atoms with E-state index in [-0.39, 0.29) is 54.4 Å². The molecular weight excluding hydrogens is 1030 g/mol. The topological polar surface area (TPSA) is 92.3 Å². The van der Waals surface area contributed by atoms with Crippen molar-refractivity contribution >= 4 is 20.0 Å². The van der Waals surface area contributed by atoms with Crippen molar-refractivity contribution < 1.29 is 140 Å². The highest BCUT2D eigenvalue weighted by atomic mass is 32.2. The maximum absolute atomic E-state index is 14.0. The largest absolute Gasteiger partial charge is 0.460 e. The number of nitrogens with zero attached hydrogens (tertiary/aromatic N) is 2. The maximum Gasteiger partial charge on any atom is 0.460 e. The summed E-state index contributed by atoms with van der Waals surface area (Å²) >= 11 is 0. The van der Waals surface area contributed by atoms with Gasteiger partial charge in [-0.25, -0.2) is 26.3 Å². The summed E-state index contributed by atoms with van der Waals surface area (Å²) in [6.45, 7) is -0.867. The summed E-state index contributed by atoms with van der Waals surface area (Å²) in [6, 6.07) is 0. The first-order valence-corrected chi connectivity index (χ1v) is 20.8. The van der Waals surface area contributed by atoms with E-state index in [2.05, 4.69) is 0 Å². The molecule has 65 heavy (non-hydrogen) atoms. The van der Waals surface area contributed by atoms with Crippen molar-refractivity contribution in [2.45, 2.75) is 104 Å². The molecule has 0 aromatic carbocycles. The Bertz CT molecular complexity index is 1670. The molecule has 0 aliphatic carbocycles. The Morgan fingerprint density at radius 3 is 0.785 bits per heavy atom. The van der Waals surface area contributed by atoms with E-state index in [9.17, 15) is 131 Å². The van der Waals surface area contributed by atoms with Crippen LogP contribution < -0.4 is 9.44 Å². The van der Waals surface area contributed by atoms with E-state index < -0.39 is 129 Å². The molecule has 8 nitrogen and oxygen atoms in total. The Kier molecular flexibility index (Phi) is 18.8. The zero-order valence-corrected chi connectivity index (χ0v) is 35.0. The minimum absolute atomic E-state index is 0.0196. The maximum atomic E-state index is 14.0. The molecule has 392 valence electrons. The van der Waals surface area contributed by atoms with Crippen LogP contribution in [0, 0.1) is 0 Å². The summed E-state index contributed by atoms with van der Waals surface area (Å²) < 4.78 is 396. The van der Waals surface area contributed by atoms with Gasteiger partial charge in [-0.1, -0.05) is 0 Å². The van der Waals surface area contributed by atoms with Gasteiger partial charge in [-0.2, -0.15) is 114 Å². The first-order valence-electron chi connectivity index (χ1n) is 17.5. The molecule has 36 heteroatoms. The van der Waals surface area contributed by atoms with Crippen molar-refractivity contribution in [2.75, 3.05) is 79.0 Å². The molecule has 0 amide bonds. The average Bonchev–Trinajstić information content (AvgIpc) is 3.08. The minimum atomic E-state index is -8.16. The van der Waals surface area contributed by atoms with Crippen LogP contribution in [0.15, 0.2) is 0 Å². The molecule has 0 aliphatic rings. The fourth-order valence-corrected chi connectivity index (χ4v) is 7.46. The van der Waals surface area contributed by atoms with Crippen molar-refractivity contribution in [2.24, 2.45) is 0 Å². The lowest BCUT2D eigenvalue weighted by molar-refractivity contribution is -0.909. The molecule has 0 unspecified atom stereocenters. The molecule has 0 fully saturated rings. The van der Waals surface area contributed by atoms with Gasteiger partial charge >= 0.3 is 71.6 Å². The van der Waals surface area contributed by atoms with Crippen molar-refractivity contribution in [1.82, 2.24) is 9.44 Å². The zero-order valence-electron chi connectivity index (χ0n) is 33.4. The lowest BCUT2D eigenvalue weighted by atomic mass is 9.93. The van der Waals surface area contributed by atoms with Gasteiger partial charge in [0.15, 0.2) is 0 Å². The SMILES string of the molecule is C[N+](C)(CCCNS(=O)(=O)CCC(F)(F)C(F)(F)C(F)(F)C(F)(F)C(F)(F)C(F)(F)F)CCC[N+](C)(C)CCCNS(=O)(=O)CCC(F)(F)C(F)(F)C(F)(F)C(F)(F)C(F)(F)C(F)(F)F. The van der Waals surface area contributed by atoms with Gasteiger partial charge in [0.1, 0.15) is 0 Å². The van der Waals surface area contributed by atoms with Crippen molar-refractivity contribution in [3.05, 3.63) is 0 Å². The minimum Gasteiger partial charge on any atom is -0.328 e. The second-order valence-corrected chi connectivity index (χ2v) is 19.6. The number of rotatable bonds is 28. The number of nitrogens with one attached hydrogen (secondary N) is 2. The summed E-state index contributed by atoms with van der Waals surface area (Å²) in [6.07, 6.45) is -21.3. The summed E-state index contributed by atoms with van der Waals surface area (Å²) in [4.78, 5) is 0. The van der Waals surface area contributed by atoms with Gasteiger partial charge in [-0.3, -0.25) is 0 Å². The molecule has 0 atom stereocenters. The molecular formula is C29H40F26N4O4S2+2. The predicted octanol–water partition coefficient (Wildman–Crippen LogP) is 8.41. The van der Waals surface area contributed by atoms with E-state index in [0.717, 1.165) is 0 Å². The Hall–Kier alpha value is -2.08. The lowest BCUT2D eigenvalue weighted by Gasteiger charge is -2.39. The van der Waals surface area contributed by atoms with Gasteiger partial charge in [-0.05, 0) is 0 Å². The van der Waals surface area contributed by atoms with Crippen LogP contribution in [0.3, 0.4) is 0 Å². The smallest absolute Gasteiger partial charge is 0.328 e. The monoisotopic (exact) mass is 1070 g/mol. The van der Waals surface area contributed by atoms with Crippen LogP contribution in [0.2, 0.25) is 0 Å². The van der Waals surface area contributed by atoms with Crippen LogP contribution in [0.5, 0.6) is 0 Å². The number of hydrogen-bond acceptors (Lipinski definition) is 4. The summed E-state index contributed by atoms with van der Waals surface area (Å²) in [5.74, 6) is -81.5. The number of quaternary nitrogens is 2. The molecule has 0 saturated heterocycles. The van der Waals surface area contributed by atoms with E-state index >= 15 is 0 Å². The van der Waals surface area contributed by atoms with E-state index in [4.69, 9.17) is 0 Å². The molecule has 0 aliphatic heterocycles. The van der Waals surface area contributed by atoms with Crippen LogP contribution in [0.25, 0.3) is 0 Å². The van der Waals surface area contributed by atoms with Crippen molar-refractivity contribution in [3.8, 4) is 0 Å². The second-order valence-electron chi connectivity index (χ2n) is 15.8. The van der Waals surface area contributed by atoms with Gasteiger partial charge in [0.05, 0.1) is 65.9 Å². The highest BCUT2D eigenvalue weighted by Crippen LogP contribution is 2.62. The fraction of sp³-hybridized carbons (Fsp3) is 1.00. The summed E-state index contributed by atoms with van der Waals surface area (Å²) in [5, 5.41) is 0. The van der Waals surface area contributed by atoms with E-state index in [0.29, 0.717) is 0 Å². The van der Waals surface area contributed by atoms with Crippen LogP contribution in [0.4, 0.5) is 114 Å². The lowest BCUT2D eigenvalue weighted by Crippen LogP contribution is -2.70. The van der Waals surface area contributed by atoms with Crippen LogP contribution in [-0.4, -0.2) is 176 Å². The molecule has 2 N–H and O–H groups in total. The first-order chi connectivity index (χ1) is 28.0. The van der Waals surface area contributed by atoms with E-state index in [1.807, 2.05) is 0 Å². The number of hydrogen-bond donors (Lipinski definition) is 2. The normalized spacial score (nSPS) is 16.1. The predicted molar refractivity (Wildman–Crippen MR) is 172 cm³/mol. The Morgan fingerprint density at radius 1 is 0.338 bits per heavy atom. The fourth-order valence-electron chi connectivity index (χ4n) is 5.21. The summed E-state index contributed by atoms with van der Waals surface area (Å²) in [7, 11) is -4.18. The first kappa shape index (κ1) is 62.9. The highest BCUT2D eigenvalue weighted by Gasteiger charge is 2.92. The van der Waals surface area contributed by atoms with Gasteiger partial charge < -0.3 is 8.97 Å². The number of alkyl halides is 26. The van der Waals surface area contributed by atoms with Gasteiger partial charge in [0.2, 0.25) is 20.0 Å². The molecule has 0 bridgehead atoms. The molecule has 0 rings (SSSR count). The Balaban J connectivity index is 5.15. The third-order valence-corrected chi connectivity index (χ3v) is 12.2. The standard InChI is InChI=1S/C29H40F26N4O4S2/c1-58(2,12-5-10-56-64(60,61)16-8-18(30,31)20(34,35)22(38,39)24(42,43)26(46,47)28(50,51)52)14-7-15-59(3,4)13-6-11-57-65(62,63)17-9-19(32,33)21(36,37)23(40,41)25(44,45)27(48,49)29(53,54)55/h56-57H,5-17H2,1-4H3/q+2. The van der Waals surface area contributed by atoms with Crippen LogP contribution >= 0.6 is 0 Å². The molecule has 0 aromatic rings. The second kappa shape index (κ2) is 19.4. The third-order valence-electron chi connectivity index (χ3n) is 9.42. The average molecular weight is 1070 g/mol. The number of sulfonamides is 2. The van der Waals surface area contributed by atoms with Gasteiger partial charge in [-0.15, -0.1) is 0 Å². The zero-order chi connectivity index (χ0) is 52.6. The Labute approximate surface area is 352 Å². The molecule has 0 saturated carbocycles. The molecule has 0 spiro atoms.